The van der Waals surface area contributed by atoms with Gasteiger partial charge in [-0.2, -0.15) is 4.98 Å². The van der Waals surface area contributed by atoms with Crippen LogP contribution in [0.25, 0.3) is 16.5 Å². The number of fused-ring (bicyclic) bond motifs is 1. The Labute approximate surface area is 141 Å². The van der Waals surface area contributed by atoms with E-state index >= 15 is 0 Å². The number of nitrogens with zero attached hydrogens (tertiary/aromatic N) is 4. The standard InChI is InChI=1S/C16H13ClN4OS/c1-9-8-21-14(10(2)18-16(21)23-9)15-19-13(22-20-15)7-11-3-5-12(17)6-4-11/h3-6,8H,7H2,1-2H3. The highest BCUT2D eigenvalue weighted by molar-refractivity contribution is 7.17. The highest BCUT2D eigenvalue weighted by Crippen LogP contribution is 2.27. The Balaban J connectivity index is 1.69. The summed E-state index contributed by atoms with van der Waals surface area (Å²) in [6, 6.07) is 7.62. The van der Waals surface area contributed by atoms with Crippen molar-refractivity contribution < 1.29 is 4.52 Å². The van der Waals surface area contributed by atoms with Gasteiger partial charge in [-0.25, -0.2) is 4.98 Å². The zero-order chi connectivity index (χ0) is 16.0. The first-order valence-electron chi connectivity index (χ1n) is 7.12. The van der Waals surface area contributed by atoms with Crippen molar-refractivity contribution >= 4 is 27.9 Å². The first-order valence-corrected chi connectivity index (χ1v) is 8.32. The van der Waals surface area contributed by atoms with Crippen molar-refractivity contribution in [3.63, 3.8) is 0 Å². The first-order chi connectivity index (χ1) is 11.1. The highest BCUT2D eigenvalue weighted by Gasteiger charge is 2.18. The van der Waals surface area contributed by atoms with Crippen LogP contribution in [-0.2, 0) is 6.42 Å². The van der Waals surface area contributed by atoms with Crippen molar-refractivity contribution in [2.45, 2.75) is 20.3 Å². The van der Waals surface area contributed by atoms with Crippen LogP contribution < -0.4 is 0 Å². The number of rotatable bonds is 3. The number of hydrogen-bond donors (Lipinski definition) is 0. The van der Waals surface area contributed by atoms with Crippen molar-refractivity contribution in [1.82, 2.24) is 19.5 Å². The van der Waals surface area contributed by atoms with Gasteiger partial charge in [0.1, 0.15) is 5.69 Å². The van der Waals surface area contributed by atoms with Crippen LogP contribution >= 0.6 is 22.9 Å². The molecule has 0 bridgehead atoms. The third-order valence-corrected chi connectivity index (χ3v) is 4.71. The van der Waals surface area contributed by atoms with Crippen LogP contribution in [0.4, 0.5) is 0 Å². The lowest BCUT2D eigenvalue weighted by Gasteiger charge is -1.96. The number of benzene rings is 1. The minimum absolute atomic E-state index is 0.566. The Morgan fingerprint density at radius 1 is 1.17 bits per heavy atom. The zero-order valence-electron chi connectivity index (χ0n) is 12.6. The minimum atomic E-state index is 0.566. The van der Waals surface area contributed by atoms with Crippen LogP contribution in [-0.4, -0.2) is 19.5 Å². The molecule has 5 nitrogen and oxygen atoms in total. The third kappa shape index (κ3) is 2.64. The summed E-state index contributed by atoms with van der Waals surface area (Å²) in [5.74, 6) is 1.14. The summed E-state index contributed by atoms with van der Waals surface area (Å²) in [5.41, 5.74) is 2.86. The number of aromatic nitrogens is 4. The minimum Gasteiger partial charge on any atom is -0.339 e. The van der Waals surface area contributed by atoms with Gasteiger partial charge in [-0.15, -0.1) is 11.3 Å². The van der Waals surface area contributed by atoms with Crippen LogP contribution in [0.3, 0.4) is 0 Å². The number of aryl methyl sites for hydroxylation is 2. The maximum atomic E-state index is 5.90. The predicted octanol–water partition coefficient (Wildman–Crippen LogP) is 4.31. The van der Waals surface area contributed by atoms with Crippen molar-refractivity contribution in [3.05, 3.63) is 57.5 Å². The summed E-state index contributed by atoms with van der Waals surface area (Å²) in [7, 11) is 0. The van der Waals surface area contributed by atoms with Crippen molar-refractivity contribution in [2.75, 3.05) is 0 Å². The second-order valence-electron chi connectivity index (χ2n) is 5.36. The third-order valence-electron chi connectivity index (χ3n) is 3.56. The Kier molecular flexibility index (Phi) is 3.43. The molecule has 0 radical (unpaired) electrons. The van der Waals surface area contributed by atoms with Crippen LogP contribution in [0, 0.1) is 13.8 Å². The number of halogens is 1. The smallest absolute Gasteiger partial charge is 0.231 e. The molecule has 116 valence electrons. The summed E-state index contributed by atoms with van der Waals surface area (Å²) in [4.78, 5) is 11.2. The molecule has 0 fully saturated rings. The lowest BCUT2D eigenvalue weighted by Crippen LogP contribution is -1.91. The summed E-state index contributed by atoms with van der Waals surface area (Å²) in [6.07, 6.45) is 2.62. The average Bonchev–Trinajstić information content (AvgIpc) is 3.16. The Morgan fingerprint density at radius 2 is 1.96 bits per heavy atom. The van der Waals surface area contributed by atoms with E-state index in [-0.39, 0.29) is 0 Å². The topological polar surface area (TPSA) is 56.2 Å². The SMILES string of the molecule is Cc1cn2c(-c3noc(Cc4ccc(Cl)cc4)n3)c(C)nc2s1. The monoisotopic (exact) mass is 344 g/mol. The molecule has 4 rings (SSSR count). The molecule has 0 unspecified atom stereocenters. The van der Waals surface area contributed by atoms with Gasteiger partial charge in [0, 0.05) is 16.1 Å². The van der Waals surface area contributed by atoms with Gasteiger partial charge in [0.05, 0.1) is 12.1 Å². The fraction of sp³-hybridized carbons (Fsp3) is 0.188. The van der Waals surface area contributed by atoms with Crippen LogP contribution in [0.15, 0.2) is 35.0 Å². The molecule has 0 amide bonds. The molecule has 3 heterocycles. The molecular formula is C16H13ClN4OS. The van der Waals surface area contributed by atoms with Gasteiger partial charge in [-0.1, -0.05) is 28.9 Å². The molecule has 0 aliphatic carbocycles. The van der Waals surface area contributed by atoms with Crippen molar-refractivity contribution in [2.24, 2.45) is 0 Å². The molecule has 3 aromatic heterocycles. The molecule has 4 aromatic rings. The van der Waals surface area contributed by atoms with Crippen LogP contribution in [0.1, 0.15) is 22.0 Å². The average molecular weight is 345 g/mol. The molecule has 0 aliphatic heterocycles. The van der Waals surface area contributed by atoms with E-state index in [9.17, 15) is 0 Å². The first kappa shape index (κ1) is 14.4. The molecule has 1 aromatic carbocycles. The summed E-state index contributed by atoms with van der Waals surface area (Å²) in [5, 5.41) is 4.84. The fourth-order valence-electron chi connectivity index (χ4n) is 2.53. The van der Waals surface area contributed by atoms with Gasteiger partial charge in [-0.3, -0.25) is 4.40 Å². The molecule has 0 spiro atoms. The quantitative estimate of drug-likeness (QED) is 0.555. The van der Waals surface area contributed by atoms with E-state index in [0.717, 1.165) is 21.9 Å². The van der Waals surface area contributed by atoms with Crippen LogP contribution in [0.2, 0.25) is 5.02 Å². The Morgan fingerprint density at radius 3 is 2.74 bits per heavy atom. The lowest BCUT2D eigenvalue weighted by molar-refractivity contribution is 0.385. The highest BCUT2D eigenvalue weighted by atomic mass is 35.5. The zero-order valence-corrected chi connectivity index (χ0v) is 14.1. The lowest BCUT2D eigenvalue weighted by atomic mass is 10.1. The summed E-state index contributed by atoms with van der Waals surface area (Å²) >= 11 is 7.55. The number of hydrogen-bond acceptors (Lipinski definition) is 5. The Hall–Kier alpha value is -2.18. The normalized spacial score (nSPS) is 11.4. The molecule has 0 N–H and O–H groups in total. The Bertz CT molecular complexity index is 984. The second kappa shape index (κ2) is 5.47. The number of imidazole rings is 1. The summed E-state index contributed by atoms with van der Waals surface area (Å²) < 4.78 is 7.42. The molecule has 0 saturated carbocycles. The molecule has 0 atom stereocenters. The van der Waals surface area contributed by atoms with Gasteiger partial charge in [-0.05, 0) is 31.5 Å². The van der Waals surface area contributed by atoms with Gasteiger partial charge in [0.2, 0.25) is 11.7 Å². The summed E-state index contributed by atoms with van der Waals surface area (Å²) in [6.45, 7) is 4.01. The van der Waals surface area contributed by atoms with Gasteiger partial charge < -0.3 is 4.52 Å². The van der Waals surface area contributed by atoms with E-state index in [2.05, 4.69) is 22.0 Å². The van der Waals surface area contributed by atoms with Gasteiger partial charge >= 0.3 is 0 Å². The van der Waals surface area contributed by atoms with Gasteiger partial charge in [0.15, 0.2) is 4.96 Å². The van der Waals surface area contributed by atoms with Crippen molar-refractivity contribution in [1.29, 1.82) is 0 Å². The maximum Gasteiger partial charge on any atom is 0.231 e. The van der Waals surface area contributed by atoms with Crippen LogP contribution in [0.5, 0.6) is 0 Å². The second-order valence-corrected chi connectivity index (χ2v) is 7.00. The van der Waals surface area contributed by atoms with Gasteiger partial charge in [0.25, 0.3) is 0 Å². The molecule has 0 aliphatic rings. The maximum absolute atomic E-state index is 5.90. The molecule has 0 saturated heterocycles. The number of thiazole rings is 1. The molecule has 23 heavy (non-hydrogen) atoms. The van der Waals surface area contributed by atoms with E-state index in [0.29, 0.717) is 23.2 Å². The van der Waals surface area contributed by atoms with Crippen molar-refractivity contribution in [3.8, 4) is 11.5 Å². The van der Waals surface area contributed by atoms with E-state index < -0.39 is 0 Å². The predicted molar refractivity (Wildman–Crippen MR) is 90.1 cm³/mol. The van der Waals surface area contributed by atoms with E-state index in [4.69, 9.17) is 16.1 Å². The fourth-order valence-corrected chi connectivity index (χ4v) is 3.53. The largest absolute Gasteiger partial charge is 0.339 e. The molecule has 7 heteroatoms. The van der Waals surface area contributed by atoms with E-state index in [1.54, 1.807) is 11.3 Å². The van der Waals surface area contributed by atoms with E-state index in [1.807, 2.05) is 41.8 Å². The molecular weight excluding hydrogens is 332 g/mol. The van der Waals surface area contributed by atoms with E-state index in [1.165, 1.54) is 4.88 Å².